The number of hydrogen-bond donors (Lipinski definition) is 0. The average molecular weight is 230 g/mol. The molecule has 0 unspecified atom stereocenters. The molecule has 0 radical (unpaired) electrons. The van der Waals surface area contributed by atoms with Crippen molar-refractivity contribution >= 4 is 17.1 Å². The predicted octanol–water partition coefficient (Wildman–Crippen LogP) is 3.85. The van der Waals surface area contributed by atoms with E-state index in [2.05, 4.69) is 11.4 Å². The zero-order valence-electron chi connectivity index (χ0n) is 9.49. The smallest absolute Gasteiger partial charge is 0.160 e. The molecule has 0 aliphatic heterocycles. The second kappa shape index (κ2) is 4.62. The highest BCUT2D eigenvalue weighted by molar-refractivity contribution is 7.09. The number of hydrogen-bond acceptors (Lipinski definition) is 2. The first-order valence-electron chi connectivity index (χ1n) is 5.30. The number of aryl methyl sites for hydroxylation is 1. The van der Waals surface area contributed by atoms with Crippen molar-refractivity contribution in [2.45, 2.75) is 20.3 Å². The number of ketones is 1. The molecule has 2 rings (SSSR count). The molecule has 0 N–H and O–H groups in total. The Hall–Kier alpha value is -1.41. The van der Waals surface area contributed by atoms with E-state index in [1.807, 2.05) is 31.2 Å². The maximum Gasteiger partial charge on any atom is 0.160 e. The molecule has 1 aromatic heterocycles. The molecule has 1 nitrogen and oxygen atoms in total. The third-order valence-electron chi connectivity index (χ3n) is 2.66. The van der Waals surface area contributed by atoms with Crippen LogP contribution in [0.3, 0.4) is 0 Å². The van der Waals surface area contributed by atoms with Crippen molar-refractivity contribution in [3.05, 3.63) is 57.3 Å². The molecular formula is C14H14OS. The van der Waals surface area contributed by atoms with Crippen LogP contribution in [0.25, 0.3) is 0 Å². The first-order valence-corrected chi connectivity index (χ1v) is 6.18. The Morgan fingerprint density at radius 1 is 1.25 bits per heavy atom. The molecule has 16 heavy (non-hydrogen) atoms. The van der Waals surface area contributed by atoms with Crippen LogP contribution in [0.4, 0.5) is 0 Å². The molecule has 0 atom stereocenters. The van der Waals surface area contributed by atoms with Crippen LogP contribution >= 0.6 is 11.3 Å². The molecule has 0 bridgehead atoms. The van der Waals surface area contributed by atoms with E-state index in [4.69, 9.17) is 0 Å². The van der Waals surface area contributed by atoms with Gasteiger partial charge in [0.1, 0.15) is 0 Å². The minimum absolute atomic E-state index is 0.157. The molecule has 0 spiro atoms. The molecule has 0 aliphatic rings. The molecule has 0 saturated carbocycles. The van der Waals surface area contributed by atoms with Gasteiger partial charge in [0.2, 0.25) is 0 Å². The lowest BCUT2D eigenvalue weighted by atomic mass is 9.96. The molecule has 0 fully saturated rings. The van der Waals surface area contributed by atoms with Crippen LogP contribution in [0, 0.1) is 6.92 Å². The number of carbonyl (C=O) groups is 1. The van der Waals surface area contributed by atoms with Gasteiger partial charge in [-0.3, -0.25) is 4.79 Å². The highest BCUT2D eigenvalue weighted by atomic mass is 32.1. The Kier molecular flexibility index (Phi) is 3.20. The highest BCUT2D eigenvalue weighted by Crippen LogP contribution is 2.20. The van der Waals surface area contributed by atoms with Crippen LogP contribution in [-0.4, -0.2) is 5.78 Å². The van der Waals surface area contributed by atoms with E-state index in [1.54, 1.807) is 18.3 Å². The van der Waals surface area contributed by atoms with Crippen molar-refractivity contribution in [3.8, 4) is 0 Å². The van der Waals surface area contributed by atoms with E-state index >= 15 is 0 Å². The third-order valence-corrected chi connectivity index (χ3v) is 3.53. The van der Waals surface area contributed by atoms with Gasteiger partial charge in [0.25, 0.3) is 0 Å². The van der Waals surface area contributed by atoms with Gasteiger partial charge in [-0.2, -0.15) is 0 Å². The highest BCUT2D eigenvalue weighted by Gasteiger charge is 2.10. The summed E-state index contributed by atoms with van der Waals surface area (Å²) in [5, 5.41) is 2.07. The lowest BCUT2D eigenvalue weighted by Gasteiger charge is -2.08. The van der Waals surface area contributed by atoms with E-state index in [-0.39, 0.29) is 5.78 Å². The SMILES string of the molecule is CC(=O)c1c(C)cccc1Cc1cccs1. The van der Waals surface area contributed by atoms with Crippen molar-refractivity contribution < 1.29 is 4.79 Å². The fourth-order valence-corrected chi connectivity index (χ4v) is 2.71. The standard InChI is InChI=1S/C14H14OS/c1-10-5-3-6-12(14(10)11(2)15)9-13-7-4-8-16-13/h3-8H,9H2,1-2H3. The minimum Gasteiger partial charge on any atom is -0.294 e. The number of Topliss-reactive ketones (excluding diaryl/α,β-unsaturated/α-hetero) is 1. The zero-order valence-corrected chi connectivity index (χ0v) is 10.3. The van der Waals surface area contributed by atoms with Crippen molar-refractivity contribution in [1.82, 2.24) is 0 Å². The van der Waals surface area contributed by atoms with Crippen LogP contribution in [0.1, 0.15) is 33.3 Å². The normalized spacial score (nSPS) is 10.4. The summed E-state index contributed by atoms with van der Waals surface area (Å²) < 4.78 is 0. The quantitative estimate of drug-likeness (QED) is 0.732. The number of benzene rings is 1. The lowest BCUT2D eigenvalue weighted by Crippen LogP contribution is -2.02. The maximum absolute atomic E-state index is 11.6. The van der Waals surface area contributed by atoms with Crippen molar-refractivity contribution in [2.75, 3.05) is 0 Å². The fourth-order valence-electron chi connectivity index (χ4n) is 1.98. The molecular weight excluding hydrogens is 216 g/mol. The van der Waals surface area contributed by atoms with Gasteiger partial charge < -0.3 is 0 Å². The van der Waals surface area contributed by atoms with Gasteiger partial charge in [-0.1, -0.05) is 24.3 Å². The zero-order chi connectivity index (χ0) is 11.5. The van der Waals surface area contributed by atoms with Crippen molar-refractivity contribution in [3.63, 3.8) is 0 Å². The van der Waals surface area contributed by atoms with Crippen molar-refractivity contribution in [2.24, 2.45) is 0 Å². The summed E-state index contributed by atoms with van der Waals surface area (Å²) >= 11 is 1.73. The third kappa shape index (κ3) is 2.22. The summed E-state index contributed by atoms with van der Waals surface area (Å²) in [5.74, 6) is 0.157. The lowest BCUT2D eigenvalue weighted by molar-refractivity contribution is 0.101. The van der Waals surface area contributed by atoms with E-state index in [0.29, 0.717) is 0 Å². The topological polar surface area (TPSA) is 17.1 Å². The molecule has 1 heterocycles. The molecule has 82 valence electrons. The van der Waals surface area contributed by atoms with Gasteiger partial charge in [0.05, 0.1) is 0 Å². The minimum atomic E-state index is 0.157. The summed E-state index contributed by atoms with van der Waals surface area (Å²) in [6.45, 7) is 3.63. The van der Waals surface area contributed by atoms with Gasteiger partial charge in [-0.25, -0.2) is 0 Å². The van der Waals surface area contributed by atoms with E-state index in [1.165, 1.54) is 4.88 Å². The molecule has 2 aromatic rings. The molecule has 1 aromatic carbocycles. The number of thiophene rings is 1. The summed E-state index contributed by atoms with van der Waals surface area (Å²) in [6, 6.07) is 10.2. The van der Waals surface area contributed by atoms with Gasteiger partial charge in [-0.15, -0.1) is 11.3 Å². The Morgan fingerprint density at radius 3 is 2.69 bits per heavy atom. The Balaban J connectivity index is 2.40. The molecule has 0 saturated heterocycles. The predicted molar refractivity (Wildman–Crippen MR) is 68.3 cm³/mol. The van der Waals surface area contributed by atoms with E-state index in [0.717, 1.165) is 23.1 Å². The van der Waals surface area contributed by atoms with Gasteiger partial charge in [0, 0.05) is 16.9 Å². The average Bonchev–Trinajstić information content (AvgIpc) is 2.70. The molecule has 2 heteroatoms. The largest absolute Gasteiger partial charge is 0.294 e. The second-order valence-electron chi connectivity index (χ2n) is 3.92. The molecule has 0 amide bonds. The van der Waals surface area contributed by atoms with Crippen LogP contribution in [0.15, 0.2) is 35.7 Å². The van der Waals surface area contributed by atoms with Gasteiger partial charge >= 0.3 is 0 Å². The summed E-state index contributed by atoms with van der Waals surface area (Å²) in [4.78, 5) is 12.9. The van der Waals surface area contributed by atoms with Crippen LogP contribution < -0.4 is 0 Å². The first kappa shape index (κ1) is 11.1. The Bertz CT molecular complexity index is 497. The van der Waals surface area contributed by atoms with E-state index < -0.39 is 0 Å². The monoisotopic (exact) mass is 230 g/mol. The Morgan fingerprint density at radius 2 is 2.06 bits per heavy atom. The first-order chi connectivity index (χ1) is 7.68. The summed E-state index contributed by atoms with van der Waals surface area (Å²) in [5.41, 5.74) is 3.09. The van der Waals surface area contributed by atoms with Crippen LogP contribution in [0.5, 0.6) is 0 Å². The van der Waals surface area contributed by atoms with Gasteiger partial charge in [0.15, 0.2) is 5.78 Å². The van der Waals surface area contributed by atoms with Gasteiger partial charge in [-0.05, 0) is 36.4 Å². The van der Waals surface area contributed by atoms with E-state index in [9.17, 15) is 4.79 Å². The number of rotatable bonds is 3. The molecule has 0 aliphatic carbocycles. The number of carbonyl (C=O) groups excluding carboxylic acids is 1. The van der Waals surface area contributed by atoms with Crippen LogP contribution in [0.2, 0.25) is 0 Å². The van der Waals surface area contributed by atoms with Crippen molar-refractivity contribution in [1.29, 1.82) is 0 Å². The summed E-state index contributed by atoms with van der Waals surface area (Å²) in [7, 11) is 0. The fraction of sp³-hybridized carbons (Fsp3) is 0.214. The maximum atomic E-state index is 11.6. The Labute approximate surface area is 99.8 Å². The summed E-state index contributed by atoms with van der Waals surface area (Å²) in [6.07, 6.45) is 0.855. The second-order valence-corrected chi connectivity index (χ2v) is 4.95. The van der Waals surface area contributed by atoms with Crippen LogP contribution in [-0.2, 0) is 6.42 Å².